The van der Waals surface area contributed by atoms with Crippen LogP contribution in [-0.2, 0) is 4.74 Å². The molecular formula is C15H22ClNO3. The number of rotatable bonds is 6. The van der Waals surface area contributed by atoms with E-state index in [2.05, 4.69) is 4.90 Å². The van der Waals surface area contributed by atoms with Gasteiger partial charge in [0.15, 0.2) is 0 Å². The molecule has 1 heterocycles. The molecular weight excluding hydrogens is 278 g/mol. The van der Waals surface area contributed by atoms with Crippen molar-refractivity contribution in [2.75, 3.05) is 32.8 Å². The molecule has 0 spiro atoms. The molecule has 0 bridgehead atoms. The summed E-state index contributed by atoms with van der Waals surface area (Å²) in [7, 11) is 0. The molecule has 1 aromatic carbocycles. The Labute approximate surface area is 125 Å². The van der Waals surface area contributed by atoms with Crippen molar-refractivity contribution in [2.45, 2.75) is 25.6 Å². The van der Waals surface area contributed by atoms with Crippen molar-refractivity contribution in [3.63, 3.8) is 0 Å². The van der Waals surface area contributed by atoms with Gasteiger partial charge < -0.3 is 14.6 Å². The van der Waals surface area contributed by atoms with Gasteiger partial charge in [-0.3, -0.25) is 4.90 Å². The monoisotopic (exact) mass is 299 g/mol. The van der Waals surface area contributed by atoms with Crippen molar-refractivity contribution in [3.8, 4) is 5.75 Å². The van der Waals surface area contributed by atoms with Crippen LogP contribution in [-0.4, -0.2) is 55.1 Å². The van der Waals surface area contributed by atoms with Crippen LogP contribution in [0.25, 0.3) is 0 Å². The van der Waals surface area contributed by atoms with Crippen LogP contribution in [0.3, 0.4) is 0 Å². The van der Waals surface area contributed by atoms with Gasteiger partial charge in [-0.2, -0.15) is 0 Å². The van der Waals surface area contributed by atoms with Gasteiger partial charge in [-0.15, -0.1) is 0 Å². The van der Waals surface area contributed by atoms with Gasteiger partial charge in [0.2, 0.25) is 0 Å². The van der Waals surface area contributed by atoms with Gasteiger partial charge in [-0.05, 0) is 37.6 Å². The minimum Gasteiger partial charge on any atom is -0.494 e. The molecule has 0 radical (unpaired) electrons. The Balaban J connectivity index is 1.66. The van der Waals surface area contributed by atoms with E-state index in [1.165, 1.54) is 0 Å². The lowest BCUT2D eigenvalue weighted by Crippen LogP contribution is -2.48. The number of hydrogen-bond donors (Lipinski definition) is 1. The van der Waals surface area contributed by atoms with Crippen LogP contribution in [0.5, 0.6) is 5.75 Å². The molecule has 2 rings (SSSR count). The van der Waals surface area contributed by atoms with E-state index in [1.54, 1.807) is 0 Å². The van der Waals surface area contributed by atoms with Crippen molar-refractivity contribution < 1.29 is 14.6 Å². The SMILES string of the molecule is CC1CN(CCCOc2ccc(Cl)cc2)CC(CO)O1. The summed E-state index contributed by atoms with van der Waals surface area (Å²) in [6.45, 7) is 5.47. The Hall–Kier alpha value is -0.810. The number of ether oxygens (including phenoxy) is 2. The van der Waals surface area contributed by atoms with Gasteiger partial charge in [0, 0.05) is 24.7 Å². The topological polar surface area (TPSA) is 41.9 Å². The third-order valence-corrected chi connectivity index (χ3v) is 3.56. The molecule has 0 aromatic heterocycles. The van der Waals surface area contributed by atoms with Gasteiger partial charge >= 0.3 is 0 Å². The molecule has 1 saturated heterocycles. The number of halogens is 1. The molecule has 5 heteroatoms. The average Bonchev–Trinajstić information content (AvgIpc) is 2.45. The van der Waals surface area contributed by atoms with E-state index in [4.69, 9.17) is 21.1 Å². The molecule has 1 aliphatic rings. The van der Waals surface area contributed by atoms with Crippen LogP contribution in [0.1, 0.15) is 13.3 Å². The first-order valence-corrected chi connectivity index (χ1v) is 7.42. The fraction of sp³-hybridized carbons (Fsp3) is 0.600. The normalized spacial score (nSPS) is 23.8. The summed E-state index contributed by atoms with van der Waals surface area (Å²) < 4.78 is 11.3. The third kappa shape index (κ3) is 4.94. The van der Waals surface area contributed by atoms with E-state index in [-0.39, 0.29) is 18.8 Å². The lowest BCUT2D eigenvalue weighted by atomic mass is 10.2. The van der Waals surface area contributed by atoms with Crippen LogP contribution in [0.15, 0.2) is 24.3 Å². The summed E-state index contributed by atoms with van der Waals surface area (Å²) >= 11 is 5.82. The maximum Gasteiger partial charge on any atom is 0.119 e. The quantitative estimate of drug-likeness (QED) is 0.818. The Morgan fingerprint density at radius 2 is 2.10 bits per heavy atom. The lowest BCUT2D eigenvalue weighted by molar-refractivity contribution is -0.0955. The number of hydrogen-bond acceptors (Lipinski definition) is 4. The first-order chi connectivity index (χ1) is 9.67. The van der Waals surface area contributed by atoms with E-state index in [0.29, 0.717) is 6.61 Å². The van der Waals surface area contributed by atoms with Gasteiger partial charge in [0.25, 0.3) is 0 Å². The van der Waals surface area contributed by atoms with Gasteiger partial charge in [0.05, 0.1) is 25.4 Å². The molecule has 20 heavy (non-hydrogen) atoms. The van der Waals surface area contributed by atoms with E-state index in [9.17, 15) is 5.11 Å². The highest BCUT2D eigenvalue weighted by atomic mass is 35.5. The second kappa shape index (κ2) is 7.84. The lowest BCUT2D eigenvalue weighted by Gasteiger charge is -2.36. The molecule has 1 fully saturated rings. The third-order valence-electron chi connectivity index (χ3n) is 3.31. The zero-order valence-electron chi connectivity index (χ0n) is 11.8. The van der Waals surface area contributed by atoms with E-state index in [1.807, 2.05) is 31.2 Å². The Morgan fingerprint density at radius 3 is 2.80 bits per heavy atom. The van der Waals surface area contributed by atoms with Crippen molar-refractivity contribution in [1.82, 2.24) is 4.90 Å². The summed E-state index contributed by atoms with van der Waals surface area (Å²) in [5, 5.41) is 9.90. The van der Waals surface area contributed by atoms with Crippen molar-refractivity contribution in [3.05, 3.63) is 29.3 Å². The largest absolute Gasteiger partial charge is 0.494 e. The molecule has 0 aliphatic carbocycles. The first kappa shape index (κ1) is 15.6. The van der Waals surface area contributed by atoms with Gasteiger partial charge in [-0.25, -0.2) is 0 Å². The number of aliphatic hydroxyl groups excluding tert-OH is 1. The average molecular weight is 300 g/mol. The maximum absolute atomic E-state index is 9.18. The number of aliphatic hydroxyl groups is 1. The molecule has 1 aliphatic heterocycles. The van der Waals surface area contributed by atoms with Gasteiger partial charge in [-0.1, -0.05) is 11.6 Å². The summed E-state index contributed by atoms with van der Waals surface area (Å²) in [6.07, 6.45) is 1.07. The summed E-state index contributed by atoms with van der Waals surface area (Å²) in [4.78, 5) is 2.32. The Morgan fingerprint density at radius 1 is 1.35 bits per heavy atom. The highest BCUT2D eigenvalue weighted by molar-refractivity contribution is 6.30. The number of morpholine rings is 1. The molecule has 2 atom stereocenters. The van der Waals surface area contributed by atoms with E-state index < -0.39 is 0 Å². The first-order valence-electron chi connectivity index (χ1n) is 7.04. The van der Waals surface area contributed by atoms with Crippen LogP contribution < -0.4 is 4.74 Å². The van der Waals surface area contributed by atoms with Crippen LogP contribution >= 0.6 is 11.6 Å². The highest BCUT2D eigenvalue weighted by Gasteiger charge is 2.23. The fourth-order valence-corrected chi connectivity index (χ4v) is 2.56. The number of nitrogens with zero attached hydrogens (tertiary/aromatic N) is 1. The summed E-state index contributed by atoms with van der Waals surface area (Å²) in [5.41, 5.74) is 0. The molecule has 1 N–H and O–H groups in total. The molecule has 0 amide bonds. The van der Waals surface area contributed by atoms with Crippen LogP contribution in [0.4, 0.5) is 0 Å². The minimum atomic E-state index is -0.0593. The fourth-order valence-electron chi connectivity index (χ4n) is 2.43. The zero-order valence-corrected chi connectivity index (χ0v) is 12.6. The zero-order chi connectivity index (χ0) is 14.4. The summed E-state index contributed by atoms with van der Waals surface area (Å²) in [5.74, 6) is 0.845. The van der Waals surface area contributed by atoms with Crippen molar-refractivity contribution >= 4 is 11.6 Å². The van der Waals surface area contributed by atoms with E-state index >= 15 is 0 Å². The maximum atomic E-state index is 9.18. The molecule has 0 saturated carbocycles. The molecule has 112 valence electrons. The van der Waals surface area contributed by atoms with Crippen LogP contribution in [0.2, 0.25) is 5.02 Å². The smallest absolute Gasteiger partial charge is 0.119 e. The van der Waals surface area contributed by atoms with E-state index in [0.717, 1.165) is 36.8 Å². The van der Waals surface area contributed by atoms with Crippen molar-refractivity contribution in [2.24, 2.45) is 0 Å². The number of benzene rings is 1. The van der Waals surface area contributed by atoms with Gasteiger partial charge in [0.1, 0.15) is 5.75 Å². The molecule has 2 unspecified atom stereocenters. The minimum absolute atomic E-state index is 0.0593. The Kier molecular flexibility index (Phi) is 6.10. The standard InChI is InChI=1S/C15H22ClNO3/c1-12-9-17(10-15(11-18)20-12)7-2-8-19-14-5-3-13(16)4-6-14/h3-6,12,15,18H,2,7-11H2,1H3. The van der Waals surface area contributed by atoms with Crippen LogP contribution in [0, 0.1) is 0 Å². The highest BCUT2D eigenvalue weighted by Crippen LogP contribution is 2.16. The second-order valence-electron chi connectivity index (χ2n) is 5.17. The Bertz CT molecular complexity index is 399. The van der Waals surface area contributed by atoms with Crippen molar-refractivity contribution in [1.29, 1.82) is 0 Å². The summed E-state index contributed by atoms with van der Waals surface area (Å²) in [6, 6.07) is 7.40. The predicted molar refractivity (Wildman–Crippen MR) is 79.4 cm³/mol. The molecule has 4 nitrogen and oxygen atoms in total. The molecule has 1 aromatic rings. The predicted octanol–water partition coefficient (Wildman–Crippen LogP) is 2.19. The second-order valence-corrected chi connectivity index (χ2v) is 5.60.